The number of hydrogen-bond donors (Lipinski definition) is 0. The van der Waals surface area contributed by atoms with E-state index in [1.54, 1.807) is 0 Å². The lowest BCUT2D eigenvalue weighted by Crippen LogP contribution is -3.00. The van der Waals surface area contributed by atoms with Gasteiger partial charge in [-0.2, -0.15) is 0 Å². The molecule has 1 atom stereocenters. The van der Waals surface area contributed by atoms with Crippen molar-refractivity contribution >= 4 is 23.2 Å². The van der Waals surface area contributed by atoms with Gasteiger partial charge in [0, 0.05) is 0 Å². The average Bonchev–Trinajstić information content (AvgIpc) is 2.74. The zero-order valence-corrected chi connectivity index (χ0v) is 19.6. The third-order valence-electron chi connectivity index (χ3n) is 5.48. The maximum absolute atomic E-state index is 2.46. The molecule has 0 radical (unpaired) electrons. The summed E-state index contributed by atoms with van der Waals surface area (Å²) in [7, 11) is -1.66. The molecule has 0 saturated heterocycles. The predicted octanol–water partition coefficient (Wildman–Crippen LogP) is 3.20. The van der Waals surface area contributed by atoms with Crippen LogP contribution in [0.3, 0.4) is 0 Å². The van der Waals surface area contributed by atoms with Gasteiger partial charge >= 0.3 is 0 Å². The fourth-order valence-electron chi connectivity index (χ4n) is 4.11. The summed E-state index contributed by atoms with van der Waals surface area (Å²) in [6.07, 6.45) is 6.55. The Morgan fingerprint density at radius 2 is 1.04 bits per heavy atom. The van der Waals surface area contributed by atoms with Crippen molar-refractivity contribution in [2.45, 2.75) is 39.5 Å². The van der Waals surface area contributed by atoms with Gasteiger partial charge in [-0.3, -0.25) is 0 Å². The Hall–Kier alpha value is -1.43. The molecule has 0 aromatic heterocycles. The molecule has 0 heterocycles. The Labute approximate surface area is 182 Å². The highest BCUT2D eigenvalue weighted by Gasteiger charge is 2.45. The van der Waals surface area contributed by atoms with Gasteiger partial charge in [0.1, 0.15) is 23.2 Å². The predicted molar refractivity (Wildman–Crippen MR) is 123 cm³/mol. The van der Waals surface area contributed by atoms with Crippen molar-refractivity contribution in [1.82, 2.24) is 0 Å². The zero-order chi connectivity index (χ0) is 19.0. The van der Waals surface area contributed by atoms with Crippen LogP contribution in [-0.4, -0.2) is 6.16 Å². The van der Waals surface area contributed by atoms with Crippen molar-refractivity contribution in [3.63, 3.8) is 0 Å². The second kappa shape index (κ2) is 11.5. The summed E-state index contributed by atoms with van der Waals surface area (Å²) in [6, 6.07) is 33.8. The van der Waals surface area contributed by atoms with E-state index in [-0.39, 0.29) is 17.0 Å². The van der Waals surface area contributed by atoms with Crippen LogP contribution in [0.15, 0.2) is 91.0 Å². The Kier molecular flexibility index (Phi) is 9.42. The summed E-state index contributed by atoms with van der Waals surface area (Å²) >= 11 is 0. The second-order valence-corrected chi connectivity index (χ2v) is 11.1. The van der Waals surface area contributed by atoms with Crippen molar-refractivity contribution in [2.75, 3.05) is 6.16 Å². The van der Waals surface area contributed by atoms with E-state index in [2.05, 4.69) is 105 Å². The third-order valence-corrected chi connectivity index (χ3v) is 10.2. The first kappa shape index (κ1) is 22.9. The standard InChI is InChI=1S/C26H32P.BrH/c1-3-4-8-15-23(2)22-27(24-16-9-5-10-17-24,25-18-11-6-12-19-25)26-20-13-7-14-21-26;/h5-7,9-14,16-21,23H,3-4,8,15,22H2,1-2H3;1H/q+1;/p-1. The van der Waals surface area contributed by atoms with Crippen molar-refractivity contribution in [3.05, 3.63) is 91.0 Å². The monoisotopic (exact) mass is 454 g/mol. The lowest BCUT2D eigenvalue weighted by atomic mass is 10.1. The minimum absolute atomic E-state index is 0. The Morgan fingerprint density at radius 1 is 0.643 bits per heavy atom. The van der Waals surface area contributed by atoms with Crippen LogP contribution in [0.4, 0.5) is 0 Å². The van der Waals surface area contributed by atoms with Gasteiger partial charge in [-0.05, 0) is 48.7 Å². The summed E-state index contributed by atoms with van der Waals surface area (Å²) in [5.74, 6) is 0.713. The highest BCUT2D eigenvalue weighted by atomic mass is 79.9. The lowest BCUT2D eigenvalue weighted by Gasteiger charge is -2.30. The average molecular weight is 455 g/mol. The topological polar surface area (TPSA) is 0 Å². The van der Waals surface area contributed by atoms with Crippen LogP contribution in [-0.2, 0) is 0 Å². The Morgan fingerprint density at radius 3 is 1.39 bits per heavy atom. The van der Waals surface area contributed by atoms with Gasteiger partial charge in [0.05, 0.1) is 6.16 Å². The molecule has 0 aliphatic heterocycles. The van der Waals surface area contributed by atoms with E-state index in [1.165, 1.54) is 47.8 Å². The molecule has 3 rings (SSSR count). The summed E-state index contributed by atoms with van der Waals surface area (Å²) in [5.41, 5.74) is 0. The maximum Gasteiger partial charge on any atom is 0.112 e. The van der Waals surface area contributed by atoms with Crippen LogP contribution in [0.5, 0.6) is 0 Å². The summed E-state index contributed by atoms with van der Waals surface area (Å²) in [4.78, 5) is 0. The van der Waals surface area contributed by atoms with E-state index in [0.29, 0.717) is 5.92 Å². The molecule has 3 aromatic carbocycles. The van der Waals surface area contributed by atoms with E-state index in [4.69, 9.17) is 0 Å². The molecule has 28 heavy (non-hydrogen) atoms. The lowest BCUT2D eigenvalue weighted by molar-refractivity contribution is -0.00000555. The van der Waals surface area contributed by atoms with E-state index < -0.39 is 7.26 Å². The molecule has 0 saturated carbocycles. The molecular formula is C26H32BrP. The van der Waals surface area contributed by atoms with Crippen LogP contribution in [0.2, 0.25) is 0 Å². The van der Waals surface area contributed by atoms with E-state index in [9.17, 15) is 0 Å². The van der Waals surface area contributed by atoms with Gasteiger partial charge in [-0.1, -0.05) is 87.7 Å². The molecule has 0 aliphatic carbocycles. The summed E-state index contributed by atoms with van der Waals surface area (Å²) in [5, 5.41) is 4.51. The van der Waals surface area contributed by atoms with Gasteiger partial charge in [-0.25, -0.2) is 0 Å². The molecule has 0 aliphatic rings. The molecule has 0 spiro atoms. The normalized spacial score (nSPS) is 12.2. The van der Waals surface area contributed by atoms with Crippen LogP contribution in [0.25, 0.3) is 0 Å². The third kappa shape index (κ3) is 5.34. The Bertz CT molecular complexity index is 690. The number of benzene rings is 3. The fraction of sp³-hybridized carbons (Fsp3) is 0.308. The molecule has 3 aromatic rings. The van der Waals surface area contributed by atoms with Crippen LogP contribution in [0, 0.1) is 5.92 Å². The quantitative estimate of drug-likeness (QED) is 0.344. The molecule has 0 bridgehead atoms. The molecule has 1 unspecified atom stereocenters. The van der Waals surface area contributed by atoms with Gasteiger partial charge in [-0.15, -0.1) is 0 Å². The van der Waals surface area contributed by atoms with Crippen molar-refractivity contribution in [3.8, 4) is 0 Å². The number of halogens is 1. The van der Waals surface area contributed by atoms with Crippen molar-refractivity contribution < 1.29 is 17.0 Å². The summed E-state index contributed by atoms with van der Waals surface area (Å²) in [6.45, 7) is 4.75. The van der Waals surface area contributed by atoms with Crippen LogP contribution in [0.1, 0.15) is 39.5 Å². The van der Waals surface area contributed by atoms with Crippen LogP contribution >= 0.6 is 7.26 Å². The van der Waals surface area contributed by atoms with E-state index in [0.717, 1.165) is 0 Å². The van der Waals surface area contributed by atoms with Crippen molar-refractivity contribution in [1.29, 1.82) is 0 Å². The second-order valence-electron chi connectivity index (χ2n) is 7.60. The largest absolute Gasteiger partial charge is 1.00 e. The molecule has 148 valence electrons. The molecule has 0 fully saturated rings. The highest BCUT2D eigenvalue weighted by Crippen LogP contribution is 2.56. The van der Waals surface area contributed by atoms with Crippen molar-refractivity contribution in [2.24, 2.45) is 5.92 Å². The van der Waals surface area contributed by atoms with Gasteiger partial charge in [0.2, 0.25) is 0 Å². The molecule has 0 nitrogen and oxygen atoms in total. The molecular weight excluding hydrogens is 423 g/mol. The molecule has 2 heteroatoms. The first-order valence-corrected chi connectivity index (χ1v) is 12.3. The van der Waals surface area contributed by atoms with Crippen LogP contribution < -0.4 is 32.9 Å². The number of unbranched alkanes of at least 4 members (excludes halogenated alkanes) is 2. The first-order valence-electron chi connectivity index (χ1n) is 10.3. The van der Waals surface area contributed by atoms with Gasteiger partial charge in [0.15, 0.2) is 0 Å². The first-order chi connectivity index (χ1) is 13.3. The Balaban J connectivity index is 0.00000280. The SMILES string of the molecule is CCCCCC(C)C[P+](c1ccccc1)(c1ccccc1)c1ccccc1.[Br-]. The fourth-order valence-corrected chi connectivity index (χ4v) is 8.80. The van der Waals surface area contributed by atoms with Gasteiger partial charge in [0.25, 0.3) is 0 Å². The summed E-state index contributed by atoms with van der Waals surface area (Å²) < 4.78 is 0. The smallest absolute Gasteiger partial charge is 0.112 e. The molecule has 0 amide bonds. The van der Waals surface area contributed by atoms with E-state index >= 15 is 0 Å². The zero-order valence-electron chi connectivity index (χ0n) is 17.1. The number of hydrogen-bond acceptors (Lipinski definition) is 0. The minimum atomic E-state index is -1.66. The number of rotatable bonds is 9. The maximum atomic E-state index is 2.46. The minimum Gasteiger partial charge on any atom is -1.00 e. The highest BCUT2D eigenvalue weighted by molar-refractivity contribution is 7.95. The van der Waals surface area contributed by atoms with Gasteiger partial charge < -0.3 is 17.0 Å². The molecule has 0 N–H and O–H groups in total. The van der Waals surface area contributed by atoms with E-state index in [1.807, 2.05) is 0 Å².